The molecular weight excluding hydrogens is 381 g/mol. The summed E-state index contributed by atoms with van der Waals surface area (Å²) in [5.41, 5.74) is 0.564. The lowest BCUT2D eigenvalue weighted by Gasteiger charge is -2.30. The lowest BCUT2D eigenvalue weighted by atomic mass is 9.82. The van der Waals surface area contributed by atoms with Crippen molar-refractivity contribution in [2.75, 3.05) is 7.11 Å². The van der Waals surface area contributed by atoms with Crippen LogP contribution < -0.4 is 10.4 Å². The number of allylic oxidation sites excluding steroid dienone is 2. The Morgan fingerprint density at radius 2 is 1.85 bits per heavy atom. The Bertz CT molecular complexity index is 734. The highest BCUT2D eigenvalue weighted by molar-refractivity contribution is 6.42. The second-order valence-corrected chi connectivity index (χ2v) is 6.80. The first-order valence-electron chi connectivity index (χ1n) is 8.01. The highest BCUT2D eigenvalue weighted by atomic mass is 35.5. The predicted octanol–water partition coefficient (Wildman–Crippen LogP) is 2.05. The monoisotopic (exact) mass is 398 g/mol. The van der Waals surface area contributed by atoms with Crippen LogP contribution in [0.3, 0.4) is 0 Å². The predicted molar refractivity (Wildman–Crippen MR) is 94.3 cm³/mol. The van der Waals surface area contributed by atoms with E-state index < -0.39 is 35.7 Å². The molecule has 6 nitrogen and oxygen atoms in total. The molecule has 8 heteroatoms. The van der Waals surface area contributed by atoms with Gasteiger partial charge in [-0.05, 0) is 30.5 Å². The minimum absolute atomic E-state index is 0.126. The summed E-state index contributed by atoms with van der Waals surface area (Å²) in [6, 6.07) is 4.02. The third kappa shape index (κ3) is 4.99. The number of hydrogen-bond acceptors (Lipinski definition) is 5. The van der Waals surface area contributed by atoms with E-state index in [0.717, 1.165) is 0 Å². The maximum absolute atomic E-state index is 12.7. The molecule has 0 aromatic heterocycles. The van der Waals surface area contributed by atoms with Gasteiger partial charge in [-0.15, -0.1) is 0 Å². The third-order valence-electron chi connectivity index (χ3n) is 4.33. The van der Waals surface area contributed by atoms with Crippen LogP contribution in [0.2, 0.25) is 10.0 Å². The Kier molecular flexibility index (Phi) is 7.06. The van der Waals surface area contributed by atoms with E-state index in [1.165, 1.54) is 7.11 Å². The van der Waals surface area contributed by atoms with Crippen LogP contribution in [-0.2, 0) is 19.1 Å². The smallest absolute Gasteiger partial charge is 0.307 e. The van der Waals surface area contributed by atoms with E-state index in [9.17, 15) is 19.5 Å². The van der Waals surface area contributed by atoms with E-state index in [1.54, 1.807) is 30.4 Å². The molecule has 3 atom stereocenters. The number of nitrogens with one attached hydrogen (secondary N) is 1. The van der Waals surface area contributed by atoms with Gasteiger partial charge in [-0.3, -0.25) is 9.59 Å². The topological polar surface area (TPSA) is 95.5 Å². The third-order valence-corrected chi connectivity index (χ3v) is 5.07. The van der Waals surface area contributed by atoms with Crippen molar-refractivity contribution < 1.29 is 24.2 Å². The van der Waals surface area contributed by atoms with Crippen LogP contribution in [0.1, 0.15) is 30.9 Å². The first-order valence-corrected chi connectivity index (χ1v) is 8.77. The highest BCUT2D eigenvalue weighted by Gasteiger charge is 2.31. The van der Waals surface area contributed by atoms with Gasteiger partial charge in [0, 0.05) is 17.8 Å². The summed E-state index contributed by atoms with van der Waals surface area (Å²) >= 11 is 11.9. The van der Waals surface area contributed by atoms with Gasteiger partial charge in [0.05, 0.1) is 29.6 Å². The average molecular weight is 399 g/mol. The Hall–Kier alpha value is -2.05. The van der Waals surface area contributed by atoms with Crippen LogP contribution in [0.5, 0.6) is 0 Å². The number of carboxylic acid groups (broad SMARTS) is 1. The lowest BCUT2D eigenvalue weighted by molar-refractivity contribution is -0.313. The molecule has 0 fully saturated rings. The molecule has 1 aliphatic rings. The zero-order valence-electron chi connectivity index (χ0n) is 14.0. The fourth-order valence-electron chi connectivity index (χ4n) is 2.87. The highest BCUT2D eigenvalue weighted by Crippen LogP contribution is 2.29. The van der Waals surface area contributed by atoms with E-state index in [-0.39, 0.29) is 24.3 Å². The number of hydrogen-bond donors (Lipinski definition) is 1. The van der Waals surface area contributed by atoms with E-state index in [0.29, 0.717) is 10.6 Å². The summed E-state index contributed by atoms with van der Waals surface area (Å²) in [5.74, 6) is -3.95. The normalized spacial score (nSPS) is 20.3. The van der Waals surface area contributed by atoms with Crippen LogP contribution in [-0.4, -0.2) is 25.0 Å². The van der Waals surface area contributed by atoms with Crippen molar-refractivity contribution in [1.29, 1.82) is 0 Å². The van der Waals surface area contributed by atoms with Crippen molar-refractivity contribution >= 4 is 41.0 Å². The van der Waals surface area contributed by atoms with Crippen molar-refractivity contribution in [2.24, 2.45) is 11.8 Å². The van der Waals surface area contributed by atoms with Crippen molar-refractivity contribution in [3.63, 3.8) is 0 Å². The molecule has 0 unspecified atom stereocenters. The summed E-state index contributed by atoms with van der Waals surface area (Å²) in [6.45, 7) is 0. The van der Waals surface area contributed by atoms with Crippen molar-refractivity contribution in [1.82, 2.24) is 5.32 Å². The van der Waals surface area contributed by atoms with Gasteiger partial charge in [0.2, 0.25) is 5.91 Å². The molecule has 140 valence electrons. The summed E-state index contributed by atoms with van der Waals surface area (Å²) < 4.78 is 4.68. The number of ether oxygens (including phenoxy) is 1. The van der Waals surface area contributed by atoms with Gasteiger partial charge in [0.1, 0.15) is 0 Å². The number of benzene rings is 1. The zero-order valence-corrected chi connectivity index (χ0v) is 15.5. The number of rotatable bonds is 6. The van der Waals surface area contributed by atoms with E-state index in [4.69, 9.17) is 23.2 Å². The second kappa shape index (κ2) is 9.05. The summed E-state index contributed by atoms with van der Waals surface area (Å²) in [7, 11) is 1.24. The summed E-state index contributed by atoms with van der Waals surface area (Å²) in [4.78, 5) is 35.7. The molecule has 1 aromatic carbocycles. The van der Waals surface area contributed by atoms with Crippen LogP contribution in [0.4, 0.5) is 0 Å². The van der Waals surface area contributed by atoms with E-state index >= 15 is 0 Å². The summed E-state index contributed by atoms with van der Waals surface area (Å²) in [6.07, 6.45) is 3.87. The Morgan fingerprint density at radius 1 is 1.19 bits per heavy atom. The van der Waals surface area contributed by atoms with E-state index in [1.807, 2.05) is 0 Å². The van der Waals surface area contributed by atoms with Gasteiger partial charge in [-0.25, -0.2) is 0 Å². The average Bonchev–Trinajstić information content (AvgIpc) is 2.63. The molecule has 1 aliphatic carbocycles. The quantitative estimate of drug-likeness (QED) is 0.584. The number of carboxylic acids is 1. The number of carbonyl (C=O) groups excluding carboxylic acids is 3. The molecule has 0 bridgehead atoms. The van der Waals surface area contributed by atoms with Crippen LogP contribution >= 0.6 is 23.2 Å². The first-order chi connectivity index (χ1) is 12.3. The van der Waals surface area contributed by atoms with Crippen molar-refractivity contribution in [3.05, 3.63) is 46.0 Å². The minimum Gasteiger partial charge on any atom is -0.550 e. The summed E-state index contributed by atoms with van der Waals surface area (Å²) in [5, 5.41) is 14.7. The minimum atomic E-state index is -1.27. The number of amides is 1. The Balaban J connectivity index is 2.23. The molecule has 0 saturated heterocycles. The second-order valence-electron chi connectivity index (χ2n) is 5.99. The van der Waals surface area contributed by atoms with Gasteiger partial charge in [-0.2, -0.15) is 0 Å². The molecule has 2 rings (SSSR count). The Labute approximate surface area is 161 Å². The lowest BCUT2D eigenvalue weighted by Crippen LogP contribution is -2.44. The van der Waals surface area contributed by atoms with Crippen molar-refractivity contribution in [3.8, 4) is 0 Å². The van der Waals surface area contributed by atoms with Crippen molar-refractivity contribution in [2.45, 2.75) is 25.3 Å². The van der Waals surface area contributed by atoms with Crippen LogP contribution in [0, 0.1) is 11.8 Å². The molecule has 0 spiro atoms. The van der Waals surface area contributed by atoms with Crippen LogP contribution in [0.25, 0.3) is 0 Å². The van der Waals surface area contributed by atoms with Gasteiger partial charge in [-0.1, -0.05) is 41.4 Å². The van der Waals surface area contributed by atoms with Gasteiger partial charge < -0.3 is 20.0 Å². The fraction of sp³-hybridized carbons (Fsp3) is 0.389. The number of methoxy groups -OCH3 is 1. The zero-order chi connectivity index (χ0) is 19.3. The molecule has 1 N–H and O–H groups in total. The maximum Gasteiger partial charge on any atom is 0.307 e. The van der Waals surface area contributed by atoms with Crippen LogP contribution in [0.15, 0.2) is 30.4 Å². The number of halogens is 2. The largest absolute Gasteiger partial charge is 0.550 e. The molecule has 1 amide bonds. The van der Waals surface area contributed by atoms with Gasteiger partial charge >= 0.3 is 5.97 Å². The molecule has 0 aliphatic heterocycles. The molecule has 1 aromatic rings. The fourth-order valence-corrected chi connectivity index (χ4v) is 3.18. The van der Waals surface area contributed by atoms with E-state index in [2.05, 4.69) is 10.1 Å². The SMILES string of the molecule is COC(=O)C[C@@H](NC(=O)[C@H]1CC=CC[C@@H]1C(=O)[O-])c1ccc(Cl)c(Cl)c1. The molecule has 0 saturated carbocycles. The first kappa shape index (κ1) is 20.3. The number of aliphatic carboxylic acids is 1. The molecule has 0 radical (unpaired) electrons. The number of esters is 1. The molecule has 26 heavy (non-hydrogen) atoms. The standard InChI is InChI=1S/C18H19Cl2NO5/c1-26-16(22)9-15(10-6-7-13(19)14(20)8-10)21-17(23)11-4-2-3-5-12(11)18(24)25/h2-3,6-8,11-12,15H,4-5,9H2,1H3,(H,21,23)(H,24,25)/p-1/t11-,12-,15+/m0/s1. The molecule has 0 heterocycles. The van der Waals surface area contributed by atoms with Gasteiger partial charge in [0.15, 0.2) is 0 Å². The Morgan fingerprint density at radius 3 is 2.42 bits per heavy atom. The maximum atomic E-state index is 12.7. The molecular formula is C18H18Cl2NO5-. The van der Waals surface area contributed by atoms with Gasteiger partial charge in [0.25, 0.3) is 0 Å². The number of carbonyl (C=O) groups is 3.